The molecule has 2 rings (SSSR count). The number of amides is 1. The maximum absolute atomic E-state index is 12.2. The lowest BCUT2D eigenvalue weighted by Gasteiger charge is -2.26. The Hall–Kier alpha value is -1.46. The number of hydrogen-bond acceptors (Lipinski definition) is 4. The van der Waals surface area contributed by atoms with E-state index in [1.807, 2.05) is 18.2 Å². The lowest BCUT2D eigenvalue weighted by atomic mass is 9.87. The zero-order valence-electron chi connectivity index (χ0n) is 17.8. The number of halogens is 1. The first kappa shape index (κ1) is 24.6. The minimum absolute atomic E-state index is 0. The Morgan fingerprint density at radius 2 is 1.89 bits per heavy atom. The second-order valence-corrected chi connectivity index (χ2v) is 8.01. The Labute approximate surface area is 176 Å². The van der Waals surface area contributed by atoms with Crippen molar-refractivity contribution in [3.8, 4) is 11.5 Å². The van der Waals surface area contributed by atoms with Gasteiger partial charge < -0.3 is 19.7 Å². The second kappa shape index (κ2) is 12.9. The summed E-state index contributed by atoms with van der Waals surface area (Å²) >= 11 is 0. The molecule has 5 nitrogen and oxygen atoms in total. The molecule has 0 radical (unpaired) electrons. The van der Waals surface area contributed by atoms with Crippen LogP contribution < -0.4 is 14.8 Å². The largest absolute Gasteiger partial charge is 0.493 e. The van der Waals surface area contributed by atoms with E-state index in [1.165, 1.54) is 12.8 Å². The van der Waals surface area contributed by atoms with Gasteiger partial charge in [-0.05, 0) is 76.2 Å². The molecule has 1 aliphatic carbocycles. The Kier molecular flexibility index (Phi) is 11.3. The first-order valence-corrected chi connectivity index (χ1v) is 10.2. The molecule has 0 aromatic heterocycles. The Morgan fingerprint density at radius 1 is 1.18 bits per heavy atom. The highest BCUT2D eigenvalue weighted by Crippen LogP contribution is 2.29. The van der Waals surface area contributed by atoms with Gasteiger partial charge in [0.1, 0.15) is 0 Å². The summed E-state index contributed by atoms with van der Waals surface area (Å²) in [6, 6.07) is 6.32. The normalized spacial score (nSPS) is 19.0. The standard InChI is InChI=1S/C22H36N2O3.ClH/c1-17-6-10-19(11-7-17)23-22(25)13-9-18-8-12-20(21(16-18)26-4)27-15-5-14-24(2)3;/h8,12,16-17,19H,5-7,9-11,13-15H2,1-4H3,(H,23,25);1H/t17-,19-;. The minimum atomic E-state index is 0. The molecule has 0 unspecified atom stereocenters. The summed E-state index contributed by atoms with van der Waals surface area (Å²) < 4.78 is 11.3. The molecule has 1 saturated carbocycles. The van der Waals surface area contributed by atoms with E-state index in [0.29, 0.717) is 25.5 Å². The highest BCUT2D eigenvalue weighted by Gasteiger charge is 2.19. The van der Waals surface area contributed by atoms with Gasteiger partial charge in [-0.3, -0.25) is 4.79 Å². The Bertz CT molecular complexity index is 587. The third-order valence-corrected chi connectivity index (χ3v) is 5.26. The van der Waals surface area contributed by atoms with Crippen molar-refractivity contribution in [3.63, 3.8) is 0 Å². The summed E-state index contributed by atoms with van der Waals surface area (Å²) in [5.41, 5.74) is 1.10. The predicted molar refractivity (Wildman–Crippen MR) is 117 cm³/mol. The van der Waals surface area contributed by atoms with Crippen LogP contribution in [0.15, 0.2) is 18.2 Å². The monoisotopic (exact) mass is 412 g/mol. The molecule has 1 fully saturated rings. The third kappa shape index (κ3) is 8.70. The van der Waals surface area contributed by atoms with Gasteiger partial charge in [0.2, 0.25) is 5.91 Å². The van der Waals surface area contributed by atoms with Crippen molar-refractivity contribution < 1.29 is 14.3 Å². The van der Waals surface area contributed by atoms with E-state index in [2.05, 4.69) is 31.2 Å². The highest BCUT2D eigenvalue weighted by molar-refractivity contribution is 5.85. The van der Waals surface area contributed by atoms with E-state index in [4.69, 9.17) is 9.47 Å². The van der Waals surface area contributed by atoms with Crippen molar-refractivity contribution in [2.75, 3.05) is 34.4 Å². The van der Waals surface area contributed by atoms with Crippen molar-refractivity contribution in [1.29, 1.82) is 0 Å². The zero-order chi connectivity index (χ0) is 19.6. The SMILES string of the molecule is COc1cc(CCC(=O)N[C@H]2CC[C@H](C)CC2)ccc1OCCCN(C)C.Cl. The molecule has 1 N–H and O–H groups in total. The van der Waals surface area contributed by atoms with Crippen molar-refractivity contribution in [3.05, 3.63) is 23.8 Å². The fourth-order valence-corrected chi connectivity index (χ4v) is 3.51. The smallest absolute Gasteiger partial charge is 0.220 e. The molecule has 1 aromatic rings. The lowest BCUT2D eigenvalue weighted by Crippen LogP contribution is -2.37. The van der Waals surface area contributed by atoms with Crippen LogP contribution in [-0.2, 0) is 11.2 Å². The van der Waals surface area contributed by atoms with Crippen LogP contribution in [0.25, 0.3) is 0 Å². The lowest BCUT2D eigenvalue weighted by molar-refractivity contribution is -0.122. The fraction of sp³-hybridized carbons (Fsp3) is 0.682. The van der Waals surface area contributed by atoms with Crippen LogP contribution in [0.3, 0.4) is 0 Å². The van der Waals surface area contributed by atoms with Crippen LogP contribution in [-0.4, -0.2) is 51.2 Å². The maximum Gasteiger partial charge on any atom is 0.220 e. The van der Waals surface area contributed by atoms with Gasteiger partial charge in [-0.25, -0.2) is 0 Å². The molecule has 0 bridgehead atoms. The summed E-state index contributed by atoms with van der Waals surface area (Å²) in [7, 11) is 5.77. The average Bonchev–Trinajstić information content (AvgIpc) is 2.65. The third-order valence-electron chi connectivity index (χ3n) is 5.26. The molecular formula is C22H37ClN2O3. The number of ether oxygens (including phenoxy) is 2. The first-order valence-electron chi connectivity index (χ1n) is 10.2. The molecule has 0 atom stereocenters. The molecule has 0 saturated heterocycles. The number of carbonyl (C=O) groups is 1. The molecule has 160 valence electrons. The number of benzene rings is 1. The molecule has 1 aromatic carbocycles. The molecule has 1 amide bonds. The van der Waals surface area contributed by atoms with Gasteiger partial charge in [0.05, 0.1) is 13.7 Å². The van der Waals surface area contributed by atoms with Crippen LogP contribution in [0.4, 0.5) is 0 Å². The number of aryl methyl sites for hydroxylation is 1. The fourth-order valence-electron chi connectivity index (χ4n) is 3.51. The number of rotatable bonds is 10. The average molecular weight is 413 g/mol. The molecule has 0 heterocycles. The highest BCUT2D eigenvalue weighted by atomic mass is 35.5. The quantitative estimate of drug-likeness (QED) is 0.588. The number of nitrogens with zero attached hydrogens (tertiary/aromatic N) is 1. The second-order valence-electron chi connectivity index (χ2n) is 8.01. The molecule has 0 spiro atoms. The van der Waals surface area contributed by atoms with Gasteiger partial charge in [0.25, 0.3) is 0 Å². The topological polar surface area (TPSA) is 50.8 Å². The van der Waals surface area contributed by atoms with Crippen LogP contribution in [0.2, 0.25) is 0 Å². The van der Waals surface area contributed by atoms with Gasteiger partial charge in [-0.15, -0.1) is 12.4 Å². The van der Waals surface area contributed by atoms with Gasteiger partial charge in [0, 0.05) is 19.0 Å². The number of carbonyl (C=O) groups excluding carboxylic acids is 1. The molecule has 6 heteroatoms. The molecule has 1 aliphatic rings. The van der Waals surface area contributed by atoms with Crippen LogP contribution in [0, 0.1) is 5.92 Å². The summed E-state index contributed by atoms with van der Waals surface area (Å²) in [5, 5.41) is 3.19. The Morgan fingerprint density at radius 3 is 2.54 bits per heavy atom. The van der Waals surface area contributed by atoms with Gasteiger partial charge >= 0.3 is 0 Å². The summed E-state index contributed by atoms with van der Waals surface area (Å²) in [5.74, 6) is 2.45. The van der Waals surface area contributed by atoms with Gasteiger partial charge in [-0.1, -0.05) is 13.0 Å². The van der Waals surface area contributed by atoms with E-state index >= 15 is 0 Å². The Balaban J connectivity index is 0.00000392. The summed E-state index contributed by atoms with van der Waals surface area (Å²) in [4.78, 5) is 14.4. The number of nitrogens with one attached hydrogen (secondary N) is 1. The van der Waals surface area contributed by atoms with E-state index in [-0.39, 0.29) is 18.3 Å². The van der Waals surface area contributed by atoms with Crippen molar-refractivity contribution in [2.24, 2.45) is 5.92 Å². The van der Waals surface area contributed by atoms with E-state index in [0.717, 1.165) is 48.8 Å². The molecule has 0 aliphatic heterocycles. The van der Waals surface area contributed by atoms with Crippen LogP contribution >= 0.6 is 12.4 Å². The van der Waals surface area contributed by atoms with Crippen molar-refractivity contribution in [2.45, 2.75) is 57.9 Å². The molecule has 28 heavy (non-hydrogen) atoms. The van der Waals surface area contributed by atoms with E-state index in [9.17, 15) is 4.79 Å². The van der Waals surface area contributed by atoms with Crippen LogP contribution in [0.5, 0.6) is 11.5 Å². The van der Waals surface area contributed by atoms with Crippen LogP contribution in [0.1, 0.15) is 51.0 Å². The summed E-state index contributed by atoms with van der Waals surface area (Å²) in [6.45, 7) is 3.95. The van der Waals surface area contributed by atoms with Crippen molar-refractivity contribution >= 4 is 18.3 Å². The van der Waals surface area contributed by atoms with Gasteiger partial charge in [0.15, 0.2) is 11.5 Å². The molecular weight excluding hydrogens is 376 g/mol. The van der Waals surface area contributed by atoms with E-state index in [1.54, 1.807) is 7.11 Å². The minimum Gasteiger partial charge on any atom is -0.493 e. The van der Waals surface area contributed by atoms with E-state index < -0.39 is 0 Å². The first-order chi connectivity index (χ1) is 13.0. The number of methoxy groups -OCH3 is 1. The number of hydrogen-bond donors (Lipinski definition) is 1. The van der Waals surface area contributed by atoms with Crippen molar-refractivity contribution in [1.82, 2.24) is 10.2 Å². The predicted octanol–water partition coefficient (Wildman–Crippen LogP) is 4.08. The zero-order valence-corrected chi connectivity index (χ0v) is 18.6. The van der Waals surface area contributed by atoms with Gasteiger partial charge in [-0.2, -0.15) is 0 Å². The maximum atomic E-state index is 12.2. The summed E-state index contributed by atoms with van der Waals surface area (Å²) in [6.07, 6.45) is 6.86.